The van der Waals surface area contributed by atoms with Crippen LogP contribution in [0, 0.1) is 17.8 Å². The number of nitrogens with two attached hydrogens (primary N) is 7. The van der Waals surface area contributed by atoms with Gasteiger partial charge in [0.2, 0.25) is 112 Å². The number of aliphatic hydroxyl groups is 1. The predicted molar refractivity (Wildman–Crippen MR) is 490 cm³/mol. The summed E-state index contributed by atoms with van der Waals surface area (Å²) in [5.74, 6) is -39.8. The van der Waals surface area contributed by atoms with Gasteiger partial charge in [0, 0.05) is 57.9 Å². The van der Waals surface area contributed by atoms with Crippen molar-refractivity contribution >= 4 is 166 Å². The summed E-state index contributed by atoms with van der Waals surface area (Å²) in [4.78, 5) is 362. The summed E-state index contributed by atoms with van der Waals surface area (Å²) in [7, 11) is 0. The van der Waals surface area contributed by atoms with Crippen LogP contribution in [0.15, 0.2) is 4.99 Å². The van der Waals surface area contributed by atoms with E-state index in [9.17, 15) is 175 Å². The van der Waals surface area contributed by atoms with Gasteiger partial charge < -0.3 is 171 Å². The fraction of sp³-hybridized carbons (Fsp3) is 0.663. The van der Waals surface area contributed by atoms with Crippen LogP contribution in [0.1, 0.15) is 208 Å². The van der Waals surface area contributed by atoms with Gasteiger partial charge in [0.1, 0.15) is 96.7 Å². The first-order valence-electron chi connectivity index (χ1n) is 45.3. The number of aliphatic imine (C=N–C) groups is 1. The average molecular weight is 2050 g/mol. The number of nitrogens with one attached hydrogen (secondary N) is 16. The predicted octanol–water partition coefficient (Wildman–Crippen LogP) is -11.8. The molecule has 60 heteroatoms. The highest BCUT2D eigenvalue weighted by atomic mass is 16.4. The van der Waals surface area contributed by atoms with E-state index in [2.05, 4.69) is 79.4 Å². The number of nitrogens with zero attached hydrogens (tertiary/aromatic N) is 1. The van der Waals surface area contributed by atoms with Crippen LogP contribution in [0.25, 0.3) is 0 Å². The van der Waals surface area contributed by atoms with Crippen LogP contribution in [0.2, 0.25) is 0 Å². The third kappa shape index (κ3) is 54.3. The Hall–Kier alpha value is -15.2. The number of carboxylic acids is 8. The monoisotopic (exact) mass is 2040 g/mol. The molecule has 0 spiro atoms. The molecule has 0 saturated heterocycles. The molecule has 143 heavy (non-hydrogen) atoms. The number of aliphatic hydroxyl groups excluding tert-OH is 1. The lowest BCUT2D eigenvalue weighted by atomic mass is 9.96. The molecular weight excluding hydrogens is 1910 g/mol. The molecular formula is C83H136N24O36. The molecule has 0 aliphatic heterocycles. The van der Waals surface area contributed by atoms with Crippen molar-refractivity contribution in [3.63, 3.8) is 0 Å². The summed E-state index contributed by atoms with van der Waals surface area (Å²) in [6, 6.07) is -30.8. The molecule has 0 fully saturated rings. The van der Waals surface area contributed by atoms with Crippen molar-refractivity contribution in [1.29, 1.82) is 0 Å². The van der Waals surface area contributed by atoms with Crippen LogP contribution < -0.4 is 125 Å². The quantitative estimate of drug-likeness (QED) is 0.0153. The van der Waals surface area contributed by atoms with Gasteiger partial charge in [0.25, 0.3) is 0 Å². The van der Waals surface area contributed by atoms with Crippen LogP contribution >= 0.6 is 0 Å². The van der Waals surface area contributed by atoms with Gasteiger partial charge in [-0.05, 0) is 121 Å². The number of primary amides is 3. The van der Waals surface area contributed by atoms with Gasteiger partial charge >= 0.3 is 47.8 Å². The van der Waals surface area contributed by atoms with Crippen molar-refractivity contribution in [2.45, 2.75) is 305 Å². The minimum atomic E-state index is -2.40. The molecule has 0 radical (unpaired) electrons. The van der Waals surface area contributed by atoms with Crippen molar-refractivity contribution in [2.24, 2.45) is 62.9 Å². The molecule has 0 aromatic carbocycles. The normalized spacial score (nSPS) is 14.5. The Morgan fingerprint density at radius 1 is 0.266 bits per heavy atom. The maximum absolute atomic E-state index is 14.8. The molecule has 0 heterocycles. The second-order valence-electron chi connectivity index (χ2n) is 33.9. The van der Waals surface area contributed by atoms with E-state index >= 15 is 0 Å². The molecule has 0 unspecified atom stereocenters. The van der Waals surface area contributed by atoms with Gasteiger partial charge in [-0.25, -0.2) is 0 Å². The first-order chi connectivity index (χ1) is 66.8. The Morgan fingerprint density at radius 2 is 0.503 bits per heavy atom. The van der Waals surface area contributed by atoms with Crippen LogP contribution in [0.5, 0.6) is 0 Å². The number of rotatable bonds is 76. The Labute approximate surface area is 817 Å². The number of amides is 19. The summed E-state index contributed by atoms with van der Waals surface area (Å²) in [5, 5.41) is 123. The summed E-state index contributed by atoms with van der Waals surface area (Å²) < 4.78 is 0. The van der Waals surface area contributed by atoms with Crippen molar-refractivity contribution in [3.05, 3.63) is 0 Å². The Bertz CT molecular complexity index is 4500. The zero-order valence-corrected chi connectivity index (χ0v) is 79.7. The van der Waals surface area contributed by atoms with E-state index in [1.165, 1.54) is 20.8 Å². The number of hydrogen-bond donors (Lipinski definition) is 32. The van der Waals surface area contributed by atoms with Gasteiger partial charge in [0.05, 0.1) is 26.0 Å². The number of carboxylic acid groups (broad SMARTS) is 8. The minimum absolute atomic E-state index is 0.0563. The van der Waals surface area contributed by atoms with E-state index in [1.807, 2.05) is 10.6 Å². The smallest absolute Gasteiger partial charge is 0.305 e. The molecule has 17 atom stereocenters. The zero-order chi connectivity index (χ0) is 109. The zero-order valence-electron chi connectivity index (χ0n) is 79.7. The molecule has 0 aliphatic carbocycles. The van der Waals surface area contributed by atoms with E-state index in [-0.39, 0.29) is 58.0 Å². The van der Waals surface area contributed by atoms with Crippen LogP contribution in [-0.2, 0) is 129 Å². The van der Waals surface area contributed by atoms with Crippen LogP contribution in [0.3, 0.4) is 0 Å². The number of unbranched alkanes of at least 4 members (excludes halogenated alkanes) is 1. The summed E-state index contributed by atoms with van der Waals surface area (Å²) in [5.41, 5.74) is 38.1. The third-order valence-corrected chi connectivity index (χ3v) is 21.0. The molecule has 0 aromatic heterocycles. The molecule has 0 bridgehead atoms. The lowest BCUT2D eigenvalue weighted by Crippen LogP contribution is -2.62. The summed E-state index contributed by atoms with van der Waals surface area (Å²) in [6.45, 7) is 7.14. The maximum Gasteiger partial charge on any atom is 0.305 e. The van der Waals surface area contributed by atoms with Crippen molar-refractivity contribution in [1.82, 2.24) is 85.1 Å². The SMILES string of the molecule is CC[C@H](C)[C@H](NC(=O)[C@H](CC(C)C)NC(=O)[C@H](CCC(=O)O)NC(=O)[C@H](CCC(N)=O)NC(=O)[C@H](CC(=O)O)NC(=O)[C@H](CCC(=O)O)NC(=O)[C@H](CCC(N)=O)NC(=O)[C@H](CC(C)C)NC(=O)[C@H](CCC(=O)O)NC(=O)[C@H](CCC(=O)O)NC(=O)[C@H](CCC(=O)O)NC(=O)CN)C(=O)N[C@@H](CCCN=C(N)N)C(=O)N[C@@H](CCC(=O)O)C(=O)N[C@@H](CCCCN)C(=O)N[C@@H](CO)C(=O)N[C@@H](CC(=O)O)C(N)=O. The van der Waals surface area contributed by atoms with E-state index in [1.54, 1.807) is 20.8 Å². The average Bonchev–Trinajstić information content (AvgIpc) is 0.847. The Kier molecular flexibility index (Phi) is 60.1. The molecule has 0 saturated carbocycles. The van der Waals surface area contributed by atoms with E-state index in [0.29, 0.717) is 0 Å². The first-order valence-corrected chi connectivity index (χ1v) is 45.3. The van der Waals surface area contributed by atoms with Crippen molar-refractivity contribution in [2.75, 3.05) is 26.2 Å². The number of carbonyl (C=O) groups is 27. The topological polar surface area (TPSA) is 1030 Å². The lowest BCUT2D eigenvalue weighted by Gasteiger charge is -2.30. The molecule has 0 aromatic rings. The molecule has 0 aliphatic rings. The van der Waals surface area contributed by atoms with Crippen LogP contribution in [0.4, 0.5) is 0 Å². The summed E-state index contributed by atoms with van der Waals surface area (Å²) >= 11 is 0. The highest BCUT2D eigenvalue weighted by molar-refractivity contribution is 6.03. The second-order valence-corrected chi connectivity index (χ2v) is 33.9. The fourth-order valence-electron chi connectivity index (χ4n) is 13.3. The second kappa shape index (κ2) is 67.2. The number of guanidine groups is 1. The number of aliphatic carboxylic acids is 8. The molecule has 0 rings (SSSR count). The molecule has 39 N–H and O–H groups in total. The van der Waals surface area contributed by atoms with Gasteiger partial charge in [-0.2, -0.15) is 0 Å². The van der Waals surface area contributed by atoms with E-state index in [4.69, 9.17) is 40.1 Å². The highest BCUT2D eigenvalue weighted by Gasteiger charge is 2.42. The standard InChI is InChI=1S/C83H136N24O36/c1-7-39(6)66(82(143)101-41(12-10-30-91-83(89)90)68(129)94-45(16-24-59(114)115)73(134)93-40(11-8-9-29-84)69(130)106-54(36-108)81(142)102-50(67(88)128)33-64(124)125)107-80(141)52(32-38(4)5)104-76(137)48(19-27-62(120)121)96-72(133)44(14-22-56(87)110)100-79(140)53(34-65(126)127)105-77(138)49(20-28-63(122)123)97-71(132)43(13-21-55(86)109)99-78(139)51(31-37(2)3)103-75(136)47(18-26-61(118)119)98-74(135)46(17-25-60(116)117)95-70(131)42(15-23-58(112)113)92-57(111)35-85/h37-54,66,108H,7-36,84-85H2,1-6H3,(H2,86,109)(H2,87,110)(H2,88,128)(H,92,111)(H,93,134)(H,94,129)(H,95,131)(H,96,133)(H,97,132)(H,98,135)(H,99,139)(H,100,140)(H,101,143)(H,102,142)(H,103,136)(H,104,137)(H,105,138)(H,106,130)(H,107,141)(H,112,113)(H,114,115)(H,116,117)(H,118,119)(H,120,121)(H,122,123)(H,124,125)(H,126,127)(H4,89,90,91)/t39-,40-,41-,42-,43-,44-,45-,46-,47-,48-,49-,50-,51-,52-,53-,54-,66-/m0/s1. The maximum atomic E-state index is 14.8. The molecule has 804 valence electrons. The van der Waals surface area contributed by atoms with Crippen LogP contribution in [-0.4, -0.2) is 335 Å². The van der Waals surface area contributed by atoms with Crippen molar-refractivity contribution in [3.8, 4) is 0 Å². The first kappa shape index (κ1) is 128. The van der Waals surface area contributed by atoms with Gasteiger partial charge in [-0.3, -0.25) is 134 Å². The van der Waals surface area contributed by atoms with Gasteiger partial charge in [-0.1, -0.05) is 48.0 Å². The fourth-order valence-corrected chi connectivity index (χ4v) is 13.3. The van der Waals surface area contributed by atoms with E-state index in [0.717, 1.165) is 0 Å². The number of carbonyl (C=O) groups excluding carboxylic acids is 19. The van der Waals surface area contributed by atoms with Crippen molar-refractivity contribution < 1.29 is 175 Å². The van der Waals surface area contributed by atoms with E-state index < -0.39 is 416 Å². The summed E-state index contributed by atoms with van der Waals surface area (Å²) in [6.07, 6.45) is -16.8. The molecule has 19 amide bonds. The lowest BCUT2D eigenvalue weighted by molar-refractivity contribution is -0.142. The molecule has 60 nitrogen and oxygen atoms in total. The van der Waals surface area contributed by atoms with Gasteiger partial charge in [0.15, 0.2) is 5.96 Å². The van der Waals surface area contributed by atoms with Gasteiger partial charge in [-0.15, -0.1) is 0 Å². The minimum Gasteiger partial charge on any atom is -0.481 e. The Morgan fingerprint density at radius 3 is 0.769 bits per heavy atom. The Balaban J connectivity index is 7.77. The third-order valence-electron chi connectivity index (χ3n) is 21.0. The largest absolute Gasteiger partial charge is 0.481 e. The number of hydrogen-bond acceptors (Lipinski definition) is 31. The highest BCUT2D eigenvalue weighted by Crippen LogP contribution is 2.18.